The molecule has 1 fully saturated rings. The minimum atomic E-state index is 0.400. The van der Waals surface area contributed by atoms with Gasteiger partial charge >= 0.3 is 0 Å². The summed E-state index contributed by atoms with van der Waals surface area (Å²) in [7, 11) is 1.96. The van der Waals surface area contributed by atoms with Crippen LogP contribution >= 0.6 is 11.8 Å². The first-order valence-electron chi connectivity index (χ1n) is 6.60. The lowest BCUT2D eigenvalue weighted by Gasteiger charge is -2.23. The van der Waals surface area contributed by atoms with E-state index >= 15 is 0 Å². The molecule has 2 rings (SSSR count). The molecule has 0 atom stereocenters. The summed E-state index contributed by atoms with van der Waals surface area (Å²) in [5.41, 5.74) is 1.12. The van der Waals surface area contributed by atoms with Gasteiger partial charge in [0.2, 0.25) is 0 Å². The Kier molecular flexibility index (Phi) is 4.51. The maximum absolute atomic E-state index is 4.73. The average molecular weight is 265 g/mol. The van der Waals surface area contributed by atoms with Crippen molar-refractivity contribution in [1.29, 1.82) is 0 Å². The van der Waals surface area contributed by atoms with Crippen molar-refractivity contribution in [3.8, 4) is 0 Å². The summed E-state index contributed by atoms with van der Waals surface area (Å²) in [6.45, 7) is 7.72. The molecule has 2 heterocycles. The Hall–Kier alpha value is -0.740. The number of nitrogens with zero attached hydrogens (tertiary/aromatic N) is 2. The fourth-order valence-corrected chi connectivity index (χ4v) is 3.27. The zero-order valence-corrected chi connectivity index (χ0v) is 12.4. The molecule has 0 saturated carbocycles. The Morgan fingerprint density at radius 3 is 3.00 bits per heavy atom. The van der Waals surface area contributed by atoms with Crippen LogP contribution in [-0.2, 0) is 6.54 Å². The molecule has 0 amide bonds. The summed E-state index contributed by atoms with van der Waals surface area (Å²) in [6.07, 6.45) is 1.22. The van der Waals surface area contributed by atoms with Crippen LogP contribution in [0, 0.1) is 0 Å². The van der Waals surface area contributed by atoms with Crippen LogP contribution in [0.5, 0.6) is 0 Å². The first kappa shape index (κ1) is 13.7. The highest BCUT2D eigenvalue weighted by Gasteiger charge is 2.24. The first-order valence-corrected chi connectivity index (χ1v) is 7.59. The molecule has 1 aliphatic rings. The van der Waals surface area contributed by atoms with Gasteiger partial charge in [0, 0.05) is 30.1 Å². The van der Waals surface area contributed by atoms with Crippen molar-refractivity contribution in [2.24, 2.45) is 0 Å². The van der Waals surface area contributed by atoms with Crippen molar-refractivity contribution < 1.29 is 0 Å². The van der Waals surface area contributed by atoms with Gasteiger partial charge in [-0.1, -0.05) is 19.9 Å². The predicted octanol–water partition coefficient (Wildman–Crippen LogP) is 2.52. The molecule has 0 spiro atoms. The zero-order chi connectivity index (χ0) is 13.0. The number of aromatic nitrogens is 1. The fourth-order valence-electron chi connectivity index (χ4n) is 2.17. The summed E-state index contributed by atoms with van der Waals surface area (Å²) in [5, 5.41) is 3.15. The van der Waals surface area contributed by atoms with Gasteiger partial charge in [0.25, 0.3) is 0 Å². The highest BCUT2D eigenvalue weighted by atomic mass is 32.2. The summed E-state index contributed by atoms with van der Waals surface area (Å²) in [4.78, 5) is 7.15. The number of pyridine rings is 1. The summed E-state index contributed by atoms with van der Waals surface area (Å²) in [6, 6.07) is 6.32. The molecule has 0 radical (unpaired) electrons. The van der Waals surface area contributed by atoms with E-state index in [0.29, 0.717) is 4.75 Å². The average Bonchev–Trinajstić information content (AvgIpc) is 2.51. The number of rotatable bonds is 3. The molecule has 0 aromatic carbocycles. The number of nitrogens with one attached hydrogen (secondary N) is 1. The summed E-state index contributed by atoms with van der Waals surface area (Å²) < 4.78 is 0.400. The number of hydrogen-bond acceptors (Lipinski definition) is 4. The summed E-state index contributed by atoms with van der Waals surface area (Å²) in [5.74, 6) is 2.31. The molecule has 0 unspecified atom stereocenters. The standard InChI is InChI=1S/C14H23N3S/c1-14(2)7-8-17(9-10-18-14)13-6-4-5-12(16-13)11-15-3/h4-6,15H,7-11H2,1-3H3. The van der Waals surface area contributed by atoms with E-state index in [1.165, 1.54) is 12.2 Å². The molecule has 1 aliphatic heterocycles. The van der Waals surface area contributed by atoms with Crippen molar-refractivity contribution >= 4 is 17.6 Å². The van der Waals surface area contributed by atoms with Crippen molar-refractivity contribution in [3.05, 3.63) is 23.9 Å². The Morgan fingerprint density at radius 2 is 2.22 bits per heavy atom. The molecule has 1 saturated heterocycles. The highest BCUT2D eigenvalue weighted by Crippen LogP contribution is 2.31. The lowest BCUT2D eigenvalue weighted by atomic mass is 10.1. The van der Waals surface area contributed by atoms with E-state index in [0.717, 1.165) is 31.1 Å². The van der Waals surface area contributed by atoms with E-state index in [-0.39, 0.29) is 0 Å². The molecule has 100 valence electrons. The second-order valence-electron chi connectivity index (χ2n) is 5.36. The van der Waals surface area contributed by atoms with Crippen LogP contribution in [0.25, 0.3) is 0 Å². The van der Waals surface area contributed by atoms with Crippen molar-refractivity contribution in [3.63, 3.8) is 0 Å². The largest absolute Gasteiger partial charge is 0.356 e. The van der Waals surface area contributed by atoms with E-state index in [2.05, 4.69) is 54.0 Å². The maximum atomic E-state index is 4.73. The van der Waals surface area contributed by atoms with Crippen LogP contribution in [0.3, 0.4) is 0 Å². The molecule has 1 N–H and O–H groups in total. The van der Waals surface area contributed by atoms with Crippen molar-refractivity contribution in [2.45, 2.75) is 31.6 Å². The fraction of sp³-hybridized carbons (Fsp3) is 0.643. The van der Waals surface area contributed by atoms with Crippen LogP contribution in [0.15, 0.2) is 18.2 Å². The Bertz CT molecular complexity index is 392. The van der Waals surface area contributed by atoms with Gasteiger partial charge in [0.1, 0.15) is 5.82 Å². The smallest absolute Gasteiger partial charge is 0.128 e. The predicted molar refractivity (Wildman–Crippen MR) is 80.4 cm³/mol. The normalized spacial score (nSPS) is 19.6. The van der Waals surface area contributed by atoms with Gasteiger partial charge in [-0.05, 0) is 25.6 Å². The molecule has 4 heteroatoms. The van der Waals surface area contributed by atoms with Gasteiger partial charge in [0.05, 0.1) is 5.69 Å². The van der Waals surface area contributed by atoms with Gasteiger partial charge in [-0.25, -0.2) is 4.98 Å². The number of anilines is 1. The van der Waals surface area contributed by atoms with Crippen LogP contribution in [0.4, 0.5) is 5.82 Å². The lowest BCUT2D eigenvalue weighted by Crippen LogP contribution is -2.28. The van der Waals surface area contributed by atoms with Crippen molar-refractivity contribution in [2.75, 3.05) is 30.8 Å². The van der Waals surface area contributed by atoms with Gasteiger partial charge < -0.3 is 10.2 Å². The SMILES string of the molecule is CNCc1cccc(N2CCSC(C)(C)CC2)n1. The topological polar surface area (TPSA) is 28.2 Å². The number of thioether (sulfide) groups is 1. The molecular formula is C14H23N3S. The van der Waals surface area contributed by atoms with E-state index in [4.69, 9.17) is 4.98 Å². The Balaban J connectivity index is 2.08. The van der Waals surface area contributed by atoms with Crippen LogP contribution in [0.1, 0.15) is 26.0 Å². The highest BCUT2D eigenvalue weighted by molar-refractivity contribution is 8.00. The van der Waals surface area contributed by atoms with Gasteiger partial charge in [-0.3, -0.25) is 0 Å². The van der Waals surface area contributed by atoms with Gasteiger partial charge in [-0.15, -0.1) is 0 Å². The van der Waals surface area contributed by atoms with E-state index in [9.17, 15) is 0 Å². The quantitative estimate of drug-likeness (QED) is 0.909. The van der Waals surface area contributed by atoms with E-state index < -0.39 is 0 Å². The first-order chi connectivity index (χ1) is 8.61. The number of hydrogen-bond donors (Lipinski definition) is 1. The lowest BCUT2D eigenvalue weighted by molar-refractivity contribution is 0.634. The van der Waals surface area contributed by atoms with Gasteiger partial charge in [0.15, 0.2) is 0 Å². The molecule has 0 bridgehead atoms. The van der Waals surface area contributed by atoms with E-state index in [1.54, 1.807) is 0 Å². The van der Waals surface area contributed by atoms with Crippen LogP contribution < -0.4 is 10.2 Å². The Labute approximate surface area is 114 Å². The second kappa shape index (κ2) is 5.93. The van der Waals surface area contributed by atoms with Crippen LogP contribution in [0.2, 0.25) is 0 Å². The molecule has 0 aliphatic carbocycles. The maximum Gasteiger partial charge on any atom is 0.128 e. The molecule has 1 aromatic heterocycles. The third kappa shape index (κ3) is 3.62. The zero-order valence-electron chi connectivity index (χ0n) is 11.6. The third-order valence-corrected chi connectivity index (χ3v) is 4.68. The van der Waals surface area contributed by atoms with Crippen LogP contribution in [-0.4, -0.2) is 35.6 Å². The third-order valence-electron chi connectivity index (χ3n) is 3.31. The minimum Gasteiger partial charge on any atom is -0.356 e. The molecule has 1 aromatic rings. The monoisotopic (exact) mass is 265 g/mol. The second-order valence-corrected chi connectivity index (χ2v) is 7.16. The summed E-state index contributed by atoms with van der Waals surface area (Å²) >= 11 is 2.07. The molecular weight excluding hydrogens is 242 g/mol. The minimum absolute atomic E-state index is 0.400. The van der Waals surface area contributed by atoms with Gasteiger partial charge in [-0.2, -0.15) is 11.8 Å². The van der Waals surface area contributed by atoms with E-state index in [1.807, 2.05) is 7.05 Å². The molecule has 18 heavy (non-hydrogen) atoms. The Morgan fingerprint density at radius 1 is 1.39 bits per heavy atom. The molecule has 3 nitrogen and oxygen atoms in total. The van der Waals surface area contributed by atoms with Crippen molar-refractivity contribution in [1.82, 2.24) is 10.3 Å².